The van der Waals surface area contributed by atoms with Gasteiger partial charge in [-0.05, 0) is 18.8 Å². The molecule has 2 aromatic rings. The van der Waals surface area contributed by atoms with Crippen LogP contribution in [0.1, 0.15) is 62.3 Å². The lowest BCUT2D eigenvalue weighted by Crippen LogP contribution is -2.20. The molecular weight excluding hydrogens is 264 g/mol. The number of rotatable bonds is 5. The van der Waals surface area contributed by atoms with E-state index in [0.29, 0.717) is 11.8 Å². The Morgan fingerprint density at radius 2 is 2.14 bits per heavy atom. The van der Waals surface area contributed by atoms with Gasteiger partial charge in [-0.3, -0.25) is 5.10 Å². The molecule has 114 valence electrons. The molecule has 1 aliphatic carbocycles. The minimum Gasteiger partial charge on any atom is -0.351 e. The summed E-state index contributed by atoms with van der Waals surface area (Å²) < 4.78 is 2.15. The lowest BCUT2D eigenvalue weighted by molar-refractivity contribution is 0.391. The molecule has 0 amide bonds. The van der Waals surface area contributed by atoms with Crippen LogP contribution in [0, 0.1) is 0 Å². The Morgan fingerprint density at radius 3 is 2.71 bits per heavy atom. The van der Waals surface area contributed by atoms with Gasteiger partial charge >= 0.3 is 0 Å². The first-order chi connectivity index (χ1) is 10.1. The number of anilines is 1. The number of hydrogen-bond acceptors (Lipinski definition) is 4. The lowest BCUT2D eigenvalue weighted by atomic mass is 9.85. The monoisotopic (exact) mass is 288 g/mol. The summed E-state index contributed by atoms with van der Waals surface area (Å²) in [6.07, 6.45) is 3.82. The number of nitrogens with zero attached hydrogens (tertiary/aromatic N) is 5. The first-order valence-corrected chi connectivity index (χ1v) is 7.71. The van der Waals surface area contributed by atoms with Crippen molar-refractivity contribution in [2.75, 3.05) is 11.9 Å². The summed E-state index contributed by atoms with van der Waals surface area (Å²) in [7, 11) is 4.11. The predicted molar refractivity (Wildman–Crippen MR) is 82.4 cm³/mol. The van der Waals surface area contributed by atoms with Gasteiger partial charge in [0.15, 0.2) is 11.6 Å². The van der Waals surface area contributed by atoms with E-state index in [1.165, 1.54) is 19.3 Å². The van der Waals surface area contributed by atoms with Crippen LogP contribution in [0.4, 0.5) is 5.82 Å². The highest BCUT2D eigenvalue weighted by Gasteiger charge is 2.25. The fourth-order valence-electron chi connectivity index (χ4n) is 2.64. The van der Waals surface area contributed by atoms with Gasteiger partial charge in [0.2, 0.25) is 0 Å². The van der Waals surface area contributed by atoms with Crippen LogP contribution in [0.15, 0.2) is 6.07 Å². The van der Waals surface area contributed by atoms with Crippen molar-refractivity contribution in [3.8, 4) is 0 Å². The first-order valence-electron chi connectivity index (χ1n) is 7.71. The van der Waals surface area contributed by atoms with Crippen LogP contribution in [-0.4, -0.2) is 32.0 Å². The van der Waals surface area contributed by atoms with Crippen molar-refractivity contribution >= 4 is 5.82 Å². The smallest absolute Gasteiger partial charge is 0.152 e. The van der Waals surface area contributed by atoms with Crippen LogP contribution in [0.25, 0.3) is 0 Å². The maximum atomic E-state index is 4.38. The van der Waals surface area contributed by atoms with E-state index in [1.807, 2.05) is 7.05 Å². The molecule has 6 nitrogen and oxygen atoms in total. The minimum atomic E-state index is 0.458. The molecule has 1 saturated carbocycles. The maximum Gasteiger partial charge on any atom is 0.152 e. The number of aromatic nitrogens is 5. The van der Waals surface area contributed by atoms with Gasteiger partial charge in [0.05, 0.1) is 6.54 Å². The molecule has 0 atom stereocenters. The van der Waals surface area contributed by atoms with E-state index in [9.17, 15) is 0 Å². The van der Waals surface area contributed by atoms with Gasteiger partial charge in [-0.25, -0.2) is 0 Å². The number of aromatic amines is 1. The van der Waals surface area contributed by atoms with E-state index in [2.05, 4.69) is 56.8 Å². The Kier molecular flexibility index (Phi) is 3.69. The van der Waals surface area contributed by atoms with E-state index >= 15 is 0 Å². The zero-order valence-corrected chi connectivity index (χ0v) is 13.3. The molecule has 3 rings (SSSR count). The highest BCUT2D eigenvalue weighted by Crippen LogP contribution is 2.35. The number of hydrogen-bond donors (Lipinski definition) is 1. The molecular formula is C15H24N6. The van der Waals surface area contributed by atoms with Gasteiger partial charge in [0.1, 0.15) is 5.82 Å². The summed E-state index contributed by atoms with van der Waals surface area (Å²) in [6, 6.07) is 2.11. The Morgan fingerprint density at radius 1 is 1.38 bits per heavy atom. The van der Waals surface area contributed by atoms with Gasteiger partial charge < -0.3 is 9.47 Å². The molecule has 0 radical (unpaired) electrons. The zero-order chi connectivity index (χ0) is 15.0. The van der Waals surface area contributed by atoms with Crippen LogP contribution in [-0.2, 0) is 13.6 Å². The standard InChI is InChI=1S/C15H24N6/c1-10(2)12-8-13(17-16-12)20(3)9-14-18-19-15(21(14)4)11-6-5-7-11/h8,10-11H,5-7,9H2,1-4H3,(H,16,17). The SMILES string of the molecule is CC(C)c1cc(N(C)Cc2nnc(C3CCC3)n2C)n[nH]1. The Balaban J connectivity index is 1.71. The predicted octanol–water partition coefficient (Wildman–Crippen LogP) is 2.57. The molecule has 0 bridgehead atoms. The summed E-state index contributed by atoms with van der Waals surface area (Å²) in [5.41, 5.74) is 1.16. The zero-order valence-electron chi connectivity index (χ0n) is 13.3. The van der Waals surface area contributed by atoms with Gasteiger partial charge in [0.25, 0.3) is 0 Å². The first kappa shape index (κ1) is 14.1. The molecule has 1 fully saturated rings. The highest BCUT2D eigenvalue weighted by molar-refractivity contribution is 5.39. The van der Waals surface area contributed by atoms with Crippen LogP contribution in [0.2, 0.25) is 0 Å². The highest BCUT2D eigenvalue weighted by atomic mass is 15.3. The summed E-state index contributed by atoms with van der Waals surface area (Å²) in [5, 5.41) is 16.2. The third-order valence-corrected chi connectivity index (χ3v) is 4.44. The van der Waals surface area contributed by atoms with Crippen LogP contribution >= 0.6 is 0 Å². The van der Waals surface area contributed by atoms with Crippen molar-refractivity contribution in [1.82, 2.24) is 25.0 Å². The fourth-order valence-corrected chi connectivity index (χ4v) is 2.64. The van der Waals surface area contributed by atoms with Crippen molar-refractivity contribution < 1.29 is 0 Å². The molecule has 0 spiro atoms. The van der Waals surface area contributed by atoms with Crippen molar-refractivity contribution in [3.63, 3.8) is 0 Å². The molecule has 1 N–H and O–H groups in total. The Bertz CT molecular complexity index is 607. The van der Waals surface area contributed by atoms with Gasteiger partial charge in [-0.2, -0.15) is 5.10 Å². The molecule has 21 heavy (non-hydrogen) atoms. The van der Waals surface area contributed by atoms with E-state index in [4.69, 9.17) is 0 Å². The normalized spacial score (nSPS) is 15.5. The van der Waals surface area contributed by atoms with Crippen LogP contribution in [0.3, 0.4) is 0 Å². The van der Waals surface area contributed by atoms with Gasteiger partial charge in [-0.15, -0.1) is 10.2 Å². The molecule has 0 saturated heterocycles. The van der Waals surface area contributed by atoms with E-state index in [0.717, 1.165) is 29.7 Å². The number of H-pyrrole nitrogens is 1. The molecule has 2 heterocycles. The van der Waals surface area contributed by atoms with Crippen molar-refractivity contribution in [2.24, 2.45) is 7.05 Å². The molecule has 2 aromatic heterocycles. The molecule has 0 aliphatic heterocycles. The largest absolute Gasteiger partial charge is 0.351 e. The summed E-state index contributed by atoms with van der Waals surface area (Å²) in [5.74, 6) is 4.15. The van der Waals surface area contributed by atoms with E-state index in [1.54, 1.807) is 0 Å². The number of nitrogens with one attached hydrogen (secondary N) is 1. The second-order valence-corrected chi connectivity index (χ2v) is 6.35. The van der Waals surface area contributed by atoms with E-state index < -0.39 is 0 Å². The molecule has 6 heteroatoms. The lowest BCUT2D eigenvalue weighted by Gasteiger charge is -2.24. The van der Waals surface area contributed by atoms with Crippen LogP contribution < -0.4 is 4.90 Å². The van der Waals surface area contributed by atoms with Crippen molar-refractivity contribution in [2.45, 2.75) is 51.5 Å². The average molecular weight is 288 g/mol. The summed E-state index contributed by atoms with van der Waals surface area (Å²) >= 11 is 0. The topological polar surface area (TPSA) is 62.6 Å². The maximum absolute atomic E-state index is 4.38. The second kappa shape index (κ2) is 5.50. The molecule has 0 unspecified atom stereocenters. The van der Waals surface area contributed by atoms with Gasteiger partial charge in [-0.1, -0.05) is 20.3 Å². The summed E-state index contributed by atoms with van der Waals surface area (Å²) in [4.78, 5) is 2.11. The summed E-state index contributed by atoms with van der Waals surface area (Å²) in [6.45, 7) is 5.04. The second-order valence-electron chi connectivity index (χ2n) is 6.35. The van der Waals surface area contributed by atoms with E-state index in [-0.39, 0.29) is 0 Å². The average Bonchev–Trinajstić information content (AvgIpc) is 2.98. The minimum absolute atomic E-state index is 0.458. The quantitative estimate of drug-likeness (QED) is 0.918. The molecule has 0 aromatic carbocycles. The van der Waals surface area contributed by atoms with Crippen molar-refractivity contribution in [3.05, 3.63) is 23.4 Å². The van der Waals surface area contributed by atoms with Gasteiger partial charge in [0, 0.05) is 31.8 Å². The van der Waals surface area contributed by atoms with Crippen molar-refractivity contribution in [1.29, 1.82) is 0 Å². The Labute approximate surface area is 125 Å². The molecule has 1 aliphatic rings. The Hall–Kier alpha value is -1.85. The third kappa shape index (κ3) is 2.66. The fraction of sp³-hybridized carbons (Fsp3) is 0.667. The third-order valence-electron chi connectivity index (χ3n) is 4.44. The van der Waals surface area contributed by atoms with Crippen LogP contribution in [0.5, 0.6) is 0 Å².